The van der Waals surface area contributed by atoms with Crippen molar-refractivity contribution < 1.29 is 4.39 Å². The molecule has 1 fully saturated rings. The van der Waals surface area contributed by atoms with Crippen molar-refractivity contribution in [2.75, 3.05) is 0 Å². The molecule has 1 saturated carbocycles. The molecule has 0 atom stereocenters. The zero-order valence-corrected chi connectivity index (χ0v) is 8.41. The van der Waals surface area contributed by atoms with Crippen LogP contribution in [-0.2, 0) is 6.54 Å². The van der Waals surface area contributed by atoms with Crippen LogP contribution in [-0.4, -0.2) is 4.57 Å². The summed E-state index contributed by atoms with van der Waals surface area (Å²) in [6, 6.07) is 5.79. The fraction of sp³-hybridized carbons (Fsp3) is 0.333. The number of fused-ring (bicyclic) bond motifs is 1. The average molecular weight is 204 g/mol. The Balaban J connectivity index is 2.33. The summed E-state index contributed by atoms with van der Waals surface area (Å²) in [6.07, 6.45) is 4.40. The van der Waals surface area contributed by atoms with Gasteiger partial charge in [-0.05, 0) is 30.5 Å². The van der Waals surface area contributed by atoms with Crippen molar-refractivity contribution in [2.24, 2.45) is 5.73 Å². The normalized spacial score (nSPS) is 16.1. The summed E-state index contributed by atoms with van der Waals surface area (Å²) in [6.45, 7) is 0.400. The third-order valence-electron chi connectivity index (χ3n) is 3.05. The van der Waals surface area contributed by atoms with E-state index in [0.717, 1.165) is 11.1 Å². The van der Waals surface area contributed by atoms with Crippen LogP contribution in [0.25, 0.3) is 10.9 Å². The Morgan fingerprint density at radius 1 is 1.40 bits per heavy atom. The van der Waals surface area contributed by atoms with Crippen molar-refractivity contribution in [3.05, 3.63) is 35.8 Å². The van der Waals surface area contributed by atoms with Crippen LogP contribution in [0.3, 0.4) is 0 Å². The minimum absolute atomic E-state index is 0.160. The van der Waals surface area contributed by atoms with E-state index in [9.17, 15) is 4.39 Å². The van der Waals surface area contributed by atoms with E-state index < -0.39 is 0 Å². The van der Waals surface area contributed by atoms with E-state index in [1.54, 1.807) is 6.07 Å². The average Bonchev–Trinajstić information content (AvgIpc) is 3.00. The highest BCUT2D eigenvalue weighted by Crippen LogP contribution is 2.39. The summed E-state index contributed by atoms with van der Waals surface area (Å²) >= 11 is 0. The summed E-state index contributed by atoms with van der Waals surface area (Å²) in [5.41, 5.74) is 7.53. The second kappa shape index (κ2) is 3.07. The molecule has 0 saturated heterocycles. The third-order valence-corrected chi connectivity index (χ3v) is 3.05. The molecule has 3 rings (SSSR count). The molecule has 2 nitrogen and oxygen atoms in total. The van der Waals surface area contributed by atoms with Gasteiger partial charge in [0.05, 0.1) is 5.52 Å². The molecular weight excluding hydrogens is 191 g/mol. The zero-order chi connectivity index (χ0) is 10.4. The molecule has 1 aromatic carbocycles. The van der Waals surface area contributed by atoms with Crippen LogP contribution in [0.1, 0.15) is 24.4 Å². The second-order valence-electron chi connectivity index (χ2n) is 4.13. The molecule has 2 N–H and O–H groups in total. The molecule has 0 unspecified atom stereocenters. The number of benzene rings is 1. The molecule has 0 radical (unpaired) electrons. The lowest BCUT2D eigenvalue weighted by Crippen LogP contribution is -1.95. The van der Waals surface area contributed by atoms with Gasteiger partial charge < -0.3 is 10.3 Å². The van der Waals surface area contributed by atoms with Crippen molar-refractivity contribution in [3.8, 4) is 0 Å². The topological polar surface area (TPSA) is 30.9 Å². The van der Waals surface area contributed by atoms with E-state index in [0.29, 0.717) is 18.0 Å². The van der Waals surface area contributed by atoms with Crippen molar-refractivity contribution in [2.45, 2.75) is 25.4 Å². The first-order chi connectivity index (χ1) is 7.31. The number of nitrogens with two attached hydrogens (primary N) is 1. The molecule has 0 spiro atoms. The predicted molar refractivity (Wildman–Crippen MR) is 58.1 cm³/mol. The maximum absolute atomic E-state index is 13.7. The van der Waals surface area contributed by atoms with Crippen molar-refractivity contribution in [3.63, 3.8) is 0 Å². The molecular formula is C12H13FN2. The first-order valence-corrected chi connectivity index (χ1v) is 5.29. The van der Waals surface area contributed by atoms with Gasteiger partial charge in [0.1, 0.15) is 5.82 Å². The molecule has 78 valence electrons. The summed E-state index contributed by atoms with van der Waals surface area (Å²) < 4.78 is 15.8. The Morgan fingerprint density at radius 3 is 2.87 bits per heavy atom. The Labute approximate surface area is 87.5 Å². The number of halogens is 1. The third kappa shape index (κ3) is 1.27. The highest BCUT2D eigenvalue weighted by molar-refractivity contribution is 5.84. The lowest BCUT2D eigenvalue weighted by atomic mass is 10.1. The van der Waals surface area contributed by atoms with Crippen LogP contribution < -0.4 is 5.73 Å². The number of nitrogens with zero attached hydrogens (tertiary/aromatic N) is 1. The van der Waals surface area contributed by atoms with Crippen molar-refractivity contribution >= 4 is 10.9 Å². The van der Waals surface area contributed by atoms with Gasteiger partial charge in [-0.25, -0.2) is 4.39 Å². The fourth-order valence-electron chi connectivity index (χ4n) is 2.16. The van der Waals surface area contributed by atoms with Crippen LogP contribution in [0.4, 0.5) is 4.39 Å². The molecule has 1 heterocycles. The summed E-state index contributed by atoms with van der Waals surface area (Å²) in [7, 11) is 0. The van der Waals surface area contributed by atoms with E-state index in [2.05, 4.69) is 4.57 Å². The molecule has 0 amide bonds. The number of aromatic nitrogens is 1. The SMILES string of the molecule is NCc1cn(C2CC2)c2cccc(F)c12. The fourth-order valence-corrected chi connectivity index (χ4v) is 2.16. The van der Waals surface area contributed by atoms with E-state index in [4.69, 9.17) is 5.73 Å². The van der Waals surface area contributed by atoms with E-state index in [1.807, 2.05) is 12.3 Å². The largest absolute Gasteiger partial charge is 0.344 e. The highest BCUT2D eigenvalue weighted by Gasteiger charge is 2.26. The molecule has 0 aliphatic heterocycles. The van der Waals surface area contributed by atoms with Gasteiger partial charge in [-0.15, -0.1) is 0 Å². The van der Waals surface area contributed by atoms with E-state index >= 15 is 0 Å². The summed E-state index contributed by atoms with van der Waals surface area (Å²) in [5.74, 6) is -0.160. The van der Waals surface area contributed by atoms with Gasteiger partial charge in [0, 0.05) is 24.2 Å². The predicted octanol–water partition coefficient (Wildman–Crippen LogP) is 2.57. The summed E-state index contributed by atoms with van der Waals surface area (Å²) in [5, 5.41) is 0.701. The molecule has 3 heteroatoms. The molecule has 1 aliphatic rings. The first-order valence-electron chi connectivity index (χ1n) is 5.29. The quantitative estimate of drug-likeness (QED) is 0.800. The van der Waals surface area contributed by atoms with Crippen LogP contribution >= 0.6 is 0 Å². The Morgan fingerprint density at radius 2 is 2.20 bits per heavy atom. The molecule has 0 bridgehead atoms. The van der Waals surface area contributed by atoms with Gasteiger partial charge in [-0.1, -0.05) is 6.07 Å². The smallest absolute Gasteiger partial charge is 0.132 e. The maximum Gasteiger partial charge on any atom is 0.132 e. The van der Waals surface area contributed by atoms with Crippen LogP contribution in [0.2, 0.25) is 0 Å². The molecule has 15 heavy (non-hydrogen) atoms. The van der Waals surface area contributed by atoms with Gasteiger partial charge in [0.2, 0.25) is 0 Å². The van der Waals surface area contributed by atoms with Crippen molar-refractivity contribution in [1.29, 1.82) is 0 Å². The van der Waals surface area contributed by atoms with Crippen molar-refractivity contribution in [1.82, 2.24) is 4.57 Å². The van der Waals surface area contributed by atoms with Gasteiger partial charge in [0.25, 0.3) is 0 Å². The van der Waals surface area contributed by atoms with Gasteiger partial charge in [-0.3, -0.25) is 0 Å². The van der Waals surface area contributed by atoms with Crippen LogP contribution in [0.5, 0.6) is 0 Å². The van der Waals surface area contributed by atoms with E-state index in [-0.39, 0.29) is 5.82 Å². The zero-order valence-electron chi connectivity index (χ0n) is 8.41. The van der Waals surface area contributed by atoms with Gasteiger partial charge >= 0.3 is 0 Å². The highest BCUT2D eigenvalue weighted by atomic mass is 19.1. The molecule has 2 aromatic rings. The van der Waals surface area contributed by atoms with E-state index in [1.165, 1.54) is 18.9 Å². The van der Waals surface area contributed by atoms with Gasteiger partial charge in [-0.2, -0.15) is 0 Å². The number of hydrogen-bond acceptors (Lipinski definition) is 1. The van der Waals surface area contributed by atoms with Gasteiger partial charge in [0.15, 0.2) is 0 Å². The lowest BCUT2D eigenvalue weighted by Gasteiger charge is -2.01. The molecule has 1 aromatic heterocycles. The lowest BCUT2D eigenvalue weighted by molar-refractivity contribution is 0.638. The Bertz CT molecular complexity index is 512. The Hall–Kier alpha value is -1.35. The number of rotatable bonds is 2. The minimum atomic E-state index is -0.160. The summed E-state index contributed by atoms with van der Waals surface area (Å²) in [4.78, 5) is 0. The van der Waals surface area contributed by atoms with Crippen LogP contribution in [0.15, 0.2) is 24.4 Å². The monoisotopic (exact) mass is 204 g/mol. The minimum Gasteiger partial charge on any atom is -0.344 e. The standard InChI is InChI=1S/C12H13FN2/c13-10-2-1-3-11-12(10)8(6-14)7-15(11)9-4-5-9/h1-3,7,9H,4-6,14H2. The second-order valence-corrected chi connectivity index (χ2v) is 4.13. The molecule has 1 aliphatic carbocycles. The first kappa shape index (κ1) is 8.92. The maximum atomic E-state index is 13.7. The number of hydrogen-bond donors (Lipinski definition) is 1. The van der Waals surface area contributed by atoms with Crippen LogP contribution in [0, 0.1) is 5.82 Å². The Kier molecular flexibility index (Phi) is 1.83.